The Bertz CT molecular complexity index is 23.1. The molecule has 6 heavy (non-hydrogen) atoms. The summed E-state index contributed by atoms with van der Waals surface area (Å²) >= 11 is 2.74. The van der Waals surface area contributed by atoms with Crippen LogP contribution >= 0.6 is 0 Å². The molecule has 0 aliphatic rings. The van der Waals surface area contributed by atoms with Crippen molar-refractivity contribution in [3.8, 4) is 0 Å². The van der Waals surface area contributed by atoms with E-state index in [2.05, 4.69) is 30.1 Å². The van der Waals surface area contributed by atoms with Gasteiger partial charge in [0.25, 0.3) is 0 Å². The Labute approximate surface area is 48.4 Å². The van der Waals surface area contributed by atoms with Gasteiger partial charge in [-0.1, -0.05) is 0 Å². The predicted octanol–water partition coefficient (Wildman–Crippen LogP) is 1.62. The summed E-state index contributed by atoms with van der Waals surface area (Å²) in [4.78, 5) is 0. The molecule has 0 saturated carbocycles. The molecule has 0 aromatic rings. The zero-order valence-corrected chi connectivity index (χ0v) is 5.72. The standard InChI is InChI=1S/C5H11.Al/c1-4-5(2)3;/h5H,2,4H2,1,3H3;/q;+2. The molecule has 0 amide bonds. The molecule has 0 aliphatic carbocycles. The molecule has 0 rings (SSSR count). The Morgan fingerprint density at radius 2 is 2.17 bits per heavy atom. The quantitative estimate of drug-likeness (QED) is 0.460. The van der Waals surface area contributed by atoms with Crippen molar-refractivity contribution in [2.75, 3.05) is 0 Å². The van der Waals surface area contributed by atoms with Gasteiger partial charge < -0.3 is 0 Å². The van der Waals surface area contributed by atoms with Crippen molar-refractivity contribution in [2.24, 2.45) is 5.92 Å². The fraction of sp³-hybridized carbons (Fsp3) is 1.00. The van der Waals surface area contributed by atoms with Gasteiger partial charge in [-0.2, -0.15) is 0 Å². The Hall–Kier alpha value is 0.532. The molecular formula is C5H11Al+2. The Kier molecular flexibility index (Phi) is 4.04. The van der Waals surface area contributed by atoms with Gasteiger partial charge in [0.1, 0.15) is 0 Å². The number of rotatable bonds is 2. The van der Waals surface area contributed by atoms with Gasteiger partial charge in [-0.3, -0.25) is 0 Å². The van der Waals surface area contributed by atoms with Crippen LogP contribution in [0.5, 0.6) is 0 Å². The van der Waals surface area contributed by atoms with Crippen LogP contribution < -0.4 is 0 Å². The average Bonchev–Trinajstić information content (AvgIpc) is 1.65. The maximum atomic E-state index is 2.74. The Balaban J connectivity index is 2.75. The molecule has 32 valence electrons. The third-order valence-corrected chi connectivity index (χ3v) is 1.90. The van der Waals surface area contributed by atoms with Crippen LogP contribution in [0.4, 0.5) is 0 Å². The third kappa shape index (κ3) is 2.75. The molecule has 0 aromatic heterocycles. The summed E-state index contributed by atoms with van der Waals surface area (Å²) < 4.78 is 0. The minimum absolute atomic E-state index is 0.898. The molecule has 0 radical (unpaired) electrons. The van der Waals surface area contributed by atoms with Gasteiger partial charge in [0.15, 0.2) is 0 Å². The van der Waals surface area contributed by atoms with Gasteiger partial charge in [-0.05, 0) is 0 Å². The van der Waals surface area contributed by atoms with Gasteiger partial charge in [-0.25, -0.2) is 0 Å². The fourth-order valence-corrected chi connectivity index (χ4v) is 0.500. The molecule has 0 saturated heterocycles. The summed E-state index contributed by atoms with van der Waals surface area (Å²) in [6, 6.07) is 0. The predicted molar refractivity (Wildman–Crippen MR) is 30.0 cm³/mol. The van der Waals surface area contributed by atoms with Crippen molar-refractivity contribution >= 4 is 16.3 Å². The fourth-order valence-electron chi connectivity index (χ4n) is 0.167. The van der Waals surface area contributed by atoms with Crippen molar-refractivity contribution in [1.82, 2.24) is 0 Å². The summed E-state index contributed by atoms with van der Waals surface area (Å²) in [5.74, 6) is 0.898. The van der Waals surface area contributed by atoms with Gasteiger partial charge in [0.2, 0.25) is 0 Å². The Morgan fingerprint density at radius 1 is 1.67 bits per heavy atom. The first-order valence-electron chi connectivity index (χ1n) is 2.51. The van der Waals surface area contributed by atoms with Crippen LogP contribution in [0.3, 0.4) is 0 Å². The molecule has 1 heteroatoms. The minimum atomic E-state index is 0.898. The van der Waals surface area contributed by atoms with Gasteiger partial charge in [0, 0.05) is 0 Å². The normalized spacial score (nSPS) is 14.7. The third-order valence-electron chi connectivity index (χ3n) is 1.10. The van der Waals surface area contributed by atoms with Crippen molar-refractivity contribution < 1.29 is 0 Å². The molecule has 0 fully saturated rings. The molecule has 1 atom stereocenters. The van der Waals surface area contributed by atoms with Crippen molar-refractivity contribution in [2.45, 2.75) is 25.6 Å². The first-order valence-corrected chi connectivity index (χ1v) is 3.33. The van der Waals surface area contributed by atoms with Crippen molar-refractivity contribution in [1.29, 1.82) is 0 Å². The van der Waals surface area contributed by atoms with Crippen LogP contribution in [0.2, 0.25) is 5.28 Å². The van der Waals surface area contributed by atoms with Crippen molar-refractivity contribution in [3.63, 3.8) is 0 Å². The zero-order valence-electron chi connectivity index (χ0n) is 4.57. The number of hydrogen-bond acceptors (Lipinski definition) is 0. The van der Waals surface area contributed by atoms with Crippen LogP contribution in [0.1, 0.15) is 20.3 Å². The van der Waals surface area contributed by atoms with Crippen LogP contribution in [-0.4, -0.2) is 16.3 Å². The molecule has 1 unspecified atom stereocenters. The van der Waals surface area contributed by atoms with Crippen LogP contribution in [0.25, 0.3) is 0 Å². The van der Waals surface area contributed by atoms with Gasteiger partial charge in [-0.15, -0.1) is 0 Å². The first kappa shape index (κ1) is 6.53. The number of hydrogen-bond donors (Lipinski definition) is 0. The van der Waals surface area contributed by atoms with Crippen LogP contribution in [0.15, 0.2) is 0 Å². The topological polar surface area (TPSA) is 0 Å². The zero-order chi connectivity index (χ0) is 4.99. The van der Waals surface area contributed by atoms with E-state index in [1.807, 2.05) is 0 Å². The van der Waals surface area contributed by atoms with E-state index < -0.39 is 0 Å². The van der Waals surface area contributed by atoms with E-state index in [4.69, 9.17) is 0 Å². The van der Waals surface area contributed by atoms with E-state index in [1.54, 1.807) is 0 Å². The Morgan fingerprint density at radius 3 is 2.17 bits per heavy atom. The first-order chi connectivity index (χ1) is 2.81. The molecule has 0 N–H and O–H groups in total. The molecule has 0 aliphatic heterocycles. The van der Waals surface area contributed by atoms with E-state index in [-0.39, 0.29) is 0 Å². The van der Waals surface area contributed by atoms with E-state index in [9.17, 15) is 0 Å². The molecule has 0 heterocycles. The van der Waals surface area contributed by atoms with E-state index in [0.717, 1.165) is 5.92 Å². The van der Waals surface area contributed by atoms with Gasteiger partial charge >= 0.3 is 47.8 Å². The van der Waals surface area contributed by atoms with Crippen LogP contribution in [0, 0.1) is 5.92 Å². The summed E-state index contributed by atoms with van der Waals surface area (Å²) in [5.41, 5.74) is 0. The molecule has 0 bridgehead atoms. The van der Waals surface area contributed by atoms with E-state index in [1.165, 1.54) is 11.7 Å². The van der Waals surface area contributed by atoms with Gasteiger partial charge in [0.05, 0.1) is 0 Å². The monoisotopic (exact) mass is 98.1 g/mol. The second-order valence-corrected chi connectivity index (χ2v) is 2.22. The SMILES string of the molecule is CCC(C)[CH2][Al+2]. The van der Waals surface area contributed by atoms with E-state index in [0.29, 0.717) is 0 Å². The summed E-state index contributed by atoms with van der Waals surface area (Å²) in [6.45, 7) is 4.47. The second-order valence-electron chi connectivity index (χ2n) is 1.75. The summed E-state index contributed by atoms with van der Waals surface area (Å²) in [7, 11) is 0. The van der Waals surface area contributed by atoms with E-state index >= 15 is 0 Å². The average molecular weight is 98.1 g/mol. The molecular weight excluding hydrogens is 87.0 g/mol. The molecule has 0 nitrogen and oxygen atoms in total. The maximum absolute atomic E-state index is 2.74. The molecule has 0 spiro atoms. The van der Waals surface area contributed by atoms with Crippen LogP contribution in [-0.2, 0) is 0 Å². The van der Waals surface area contributed by atoms with Crippen molar-refractivity contribution in [3.05, 3.63) is 0 Å². The second kappa shape index (κ2) is 3.71. The molecule has 0 aromatic carbocycles. The summed E-state index contributed by atoms with van der Waals surface area (Å²) in [6.07, 6.45) is 1.31. The summed E-state index contributed by atoms with van der Waals surface area (Å²) in [5, 5.41) is 1.25.